The summed E-state index contributed by atoms with van der Waals surface area (Å²) >= 11 is 0. The molecule has 0 saturated heterocycles. The zero-order valence-corrected chi connectivity index (χ0v) is 12.1. The Morgan fingerprint density at radius 2 is 1.71 bits per heavy atom. The summed E-state index contributed by atoms with van der Waals surface area (Å²) in [5.41, 5.74) is 9.18. The largest absolute Gasteiger partial charge is 0.398 e. The average molecular weight is 274 g/mol. The van der Waals surface area contributed by atoms with Crippen molar-refractivity contribution in [3.63, 3.8) is 0 Å². The van der Waals surface area contributed by atoms with E-state index in [0.717, 1.165) is 27.2 Å². The van der Waals surface area contributed by atoms with Gasteiger partial charge in [-0.05, 0) is 31.2 Å². The number of fused-ring (bicyclic) bond motifs is 1. The molecule has 3 aromatic rings. The molecule has 0 unspecified atom stereocenters. The van der Waals surface area contributed by atoms with Crippen molar-refractivity contribution in [2.45, 2.75) is 6.92 Å². The van der Waals surface area contributed by atoms with Crippen molar-refractivity contribution in [3.8, 4) is 5.69 Å². The SMILES string of the molecule is C=C/C(N)=c1\c(=C/C)n(-c2ccccc2)c2ccccc12. The van der Waals surface area contributed by atoms with Crippen LogP contribution in [0.15, 0.2) is 67.3 Å². The van der Waals surface area contributed by atoms with Crippen LogP contribution >= 0.6 is 0 Å². The van der Waals surface area contributed by atoms with Crippen molar-refractivity contribution >= 4 is 22.7 Å². The Hall–Kier alpha value is -2.74. The lowest BCUT2D eigenvalue weighted by Gasteiger charge is -2.05. The van der Waals surface area contributed by atoms with Gasteiger partial charge in [-0.25, -0.2) is 0 Å². The fourth-order valence-corrected chi connectivity index (χ4v) is 2.79. The van der Waals surface area contributed by atoms with Crippen LogP contribution in [0.3, 0.4) is 0 Å². The number of rotatable bonds is 2. The highest BCUT2D eigenvalue weighted by Crippen LogP contribution is 2.14. The zero-order chi connectivity index (χ0) is 14.8. The fraction of sp³-hybridized carbons (Fsp3) is 0.0526. The molecule has 0 fully saturated rings. The van der Waals surface area contributed by atoms with Crippen LogP contribution in [0.4, 0.5) is 0 Å². The van der Waals surface area contributed by atoms with Crippen LogP contribution in [-0.4, -0.2) is 4.57 Å². The molecule has 2 heteroatoms. The summed E-state index contributed by atoms with van der Waals surface area (Å²) in [7, 11) is 0. The maximum absolute atomic E-state index is 6.19. The third-order valence-electron chi connectivity index (χ3n) is 3.71. The molecule has 0 bridgehead atoms. The third kappa shape index (κ3) is 2.05. The van der Waals surface area contributed by atoms with Gasteiger partial charge in [0.25, 0.3) is 0 Å². The van der Waals surface area contributed by atoms with Crippen molar-refractivity contribution < 1.29 is 0 Å². The van der Waals surface area contributed by atoms with Crippen LogP contribution in [0, 0.1) is 0 Å². The standard InChI is InChI=1S/C19H18N2/c1-3-16(20)19-15-12-8-9-13-18(15)21(17(19)4-2)14-10-6-5-7-11-14/h3-13H,1,20H2,2H3/b17-4+,19-16+. The van der Waals surface area contributed by atoms with Gasteiger partial charge in [0, 0.05) is 22.0 Å². The van der Waals surface area contributed by atoms with Gasteiger partial charge in [0.1, 0.15) is 0 Å². The molecule has 0 aliphatic heterocycles. The maximum Gasteiger partial charge on any atom is 0.0541 e. The van der Waals surface area contributed by atoms with Crippen LogP contribution in [0.25, 0.3) is 28.4 Å². The summed E-state index contributed by atoms with van der Waals surface area (Å²) in [6.07, 6.45) is 3.81. The summed E-state index contributed by atoms with van der Waals surface area (Å²) in [4.78, 5) is 0. The van der Waals surface area contributed by atoms with Crippen LogP contribution < -0.4 is 16.3 Å². The van der Waals surface area contributed by atoms with E-state index in [0.29, 0.717) is 5.70 Å². The molecule has 0 radical (unpaired) electrons. The number of para-hydroxylation sites is 2. The lowest BCUT2D eigenvalue weighted by atomic mass is 10.2. The van der Waals surface area contributed by atoms with Crippen molar-refractivity contribution in [1.29, 1.82) is 0 Å². The molecule has 0 amide bonds. The van der Waals surface area contributed by atoms with Gasteiger partial charge >= 0.3 is 0 Å². The Bertz CT molecular complexity index is 915. The molecule has 1 aromatic heterocycles. The molecule has 104 valence electrons. The Kier molecular flexibility index (Phi) is 3.36. The first kappa shape index (κ1) is 13.3. The highest BCUT2D eigenvalue weighted by Gasteiger charge is 2.09. The smallest absolute Gasteiger partial charge is 0.0541 e. The van der Waals surface area contributed by atoms with Crippen molar-refractivity contribution in [3.05, 3.63) is 77.8 Å². The van der Waals surface area contributed by atoms with Gasteiger partial charge in [0.15, 0.2) is 0 Å². The lowest BCUT2D eigenvalue weighted by molar-refractivity contribution is 1.07. The van der Waals surface area contributed by atoms with Gasteiger partial charge in [-0.3, -0.25) is 0 Å². The number of aromatic nitrogens is 1. The minimum atomic E-state index is 0.703. The Balaban J connectivity index is 2.62. The predicted molar refractivity (Wildman–Crippen MR) is 90.5 cm³/mol. The number of hydrogen-bond acceptors (Lipinski definition) is 1. The number of nitrogens with zero attached hydrogens (tertiary/aromatic N) is 1. The average Bonchev–Trinajstić information content (AvgIpc) is 2.89. The van der Waals surface area contributed by atoms with Gasteiger partial charge in [-0.15, -0.1) is 0 Å². The number of benzene rings is 2. The summed E-state index contributed by atoms with van der Waals surface area (Å²) in [5.74, 6) is 0. The van der Waals surface area contributed by atoms with E-state index in [1.165, 1.54) is 0 Å². The van der Waals surface area contributed by atoms with Gasteiger partial charge in [-0.2, -0.15) is 0 Å². The predicted octanol–water partition coefficient (Wildman–Crippen LogP) is 2.68. The second kappa shape index (κ2) is 5.33. The first-order valence-electron chi connectivity index (χ1n) is 7.01. The van der Waals surface area contributed by atoms with E-state index in [1.54, 1.807) is 6.08 Å². The summed E-state index contributed by atoms with van der Waals surface area (Å²) in [6.45, 7) is 5.85. The monoisotopic (exact) mass is 274 g/mol. The molecule has 1 heterocycles. The first-order chi connectivity index (χ1) is 10.3. The quantitative estimate of drug-likeness (QED) is 0.765. The van der Waals surface area contributed by atoms with Gasteiger partial charge in [0.2, 0.25) is 0 Å². The van der Waals surface area contributed by atoms with E-state index in [1.807, 2.05) is 31.2 Å². The van der Waals surface area contributed by atoms with Crippen molar-refractivity contribution in [2.24, 2.45) is 5.73 Å². The molecule has 0 saturated carbocycles. The van der Waals surface area contributed by atoms with E-state index in [-0.39, 0.29) is 0 Å². The molecule has 2 N–H and O–H groups in total. The third-order valence-corrected chi connectivity index (χ3v) is 3.71. The van der Waals surface area contributed by atoms with Crippen LogP contribution in [-0.2, 0) is 0 Å². The minimum absolute atomic E-state index is 0.703. The first-order valence-corrected chi connectivity index (χ1v) is 7.01. The molecule has 0 aliphatic carbocycles. The Labute approximate surface area is 124 Å². The number of hydrogen-bond donors (Lipinski definition) is 1. The molecule has 0 spiro atoms. The molecular formula is C19H18N2. The topological polar surface area (TPSA) is 30.9 Å². The zero-order valence-electron chi connectivity index (χ0n) is 12.1. The van der Waals surface area contributed by atoms with Crippen molar-refractivity contribution in [1.82, 2.24) is 4.57 Å². The lowest BCUT2D eigenvalue weighted by Crippen LogP contribution is -2.31. The molecule has 21 heavy (non-hydrogen) atoms. The molecule has 2 aromatic carbocycles. The Morgan fingerprint density at radius 3 is 2.38 bits per heavy atom. The normalized spacial score (nSPS) is 13.5. The molecule has 2 nitrogen and oxygen atoms in total. The van der Waals surface area contributed by atoms with Gasteiger partial charge in [-0.1, -0.05) is 49.1 Å². The van der Waals surface area contributed by atoms with Crippen molar-refractivity contribution in [2.75, 3.05) is 0 Å². The van der Waals surface area contributed by atoms with Crippen LogP contribution in [0.1, 0.15) is 6.92 Å². The maximum atomic E-state index is 6.19. The van der Waals surface area contributed by atoms with E-state index < -0.39 is 0 Å². The second-order valence-electron chi connectivity index (χ2n) is 4.90. The minimum Gasteiger partial charge on any atom is -0.398 e. The van der Waals surface area contributed by atoms with E-state index in [9.17, 15) is 0 Å². The second-order valence-corrected chi connectivity index (χ2v) is 4.90. The summed E-state index contributed by atoms with van der Waals surface area (Å²) in [5, 5.41) is 3.29. The molecular weight excluding hydrogens is 256 g/mol. The van der Waals surface area contributed by atoms with Gasteiger partial charge < -0.3 is 10.3 Å². The summed E-state index contributed by atoms with van der Waals surface area (Å²) < 4.78 is 2.24. The summed E-state index contributed by atoms with van der Waals surface area (Å²) in [6, 6.07) is 18.6. The Morgan fingerprint density at radius 1 is 1.05 bits per heavy atom. The van der Waals surface area contributed by atoms with Crippen LogP contribution in [0.2, 0.25) is 0 Å². The molecule has 0 atom stereocenters. The van der Waals surface area contributed by atoms with E-state index in [2.05, 4.69) is 47.6 Å². The molecule has 0 aliphatic rings. The van der Waals surface area contributed by atoms with E-state index >= 15 is 0 Å². The highest BCUT2D eigenvalue weighted by molar-refractivity contribution is 5.85. The highest BCUT2D eigenvalue weighted by atomic mass is 15.0. The molecule has 3 rings (SSSR count). The number of nitrogens with two attached hydrogens (primary N) is 1. The van der Waals surface area contributed by atoms with E-state index in [4.69, 9.17) is 5.73 Å². The fourth-order valence-electron chi connectivity index (χ4n) is 2.79. The van der Waals surface area contributed by atoms with Crippen LogP contribution in [0.5, 0.6) is 0 Å². The van der Waals surface area contributed by atoms with Gasteiger partial charge in [0.05, 0.1) is 10.9 Å².